The lowest BCUT2D eigenvalue weighted by molar-refractivity contribution is 0.124. The molecule has 2 nitrogen and oxygen atoms in total. The number of fused-ring (bicyclic) bond motifs is 2. The van der Waals surface area contributed by atoms with E-state index in [4.69, 9.17) is 0 Å². The van der Waals surface area contributed by atoms with Crippen molar-refractivity contribution in [1.29, 1.82) is 0 Å². The summed E-state index contributed by atoms with van der Waals surface area (Å²) in [5.74, 6) is 0. The van der Waals surface area contributed by atoms with Crippen LogP contribution in [0.15, 0.2) is 0 Å². The van der Waals surface area contributed by atoms with Crippen LogP contribution in [0.3, 0.4) is 0 Å². The molecule has 0 aromatic carbocycles. The molecular weight excluding hydrogens is 172 g/mol. The van der Waals surface area contributed by atoms with Crippen LogP contribution in [-0.4, -0.2) is 36.1 Å². The molecule has 0 radical (unpaired) electrons. The first-order chi connectivity index (χ1) is 6.85. The standard InChI is InChI=1S/C12H24N2/c1-3-7-13-10-8-11-5-6-12(9-10)14(11)4-2/h10-13H,3-9H2,1-2H3. The Labute approximate surface area is 88.1 Å². The molecule has 1 N–H and O–H groups in total. The fourth-order valence-corrected chi connectivity index (χ4v) is 3.31. The highest BCUT2D eigenvalue weighted by Crippen LogP contribution is 2.35. The fraction of sp³-hybridized carbons (Fsp3) is 1.00. The van der Waals surface area contributed by atoms with E-state index in [0.29, 0.717) is 0 Å². The van der Waals surface area contributed by atoms with Crippen LogP contribution in [0.2, 0.25) is 0 Å². The number of nitrogens with one attached hydrogen (secondary N) is 1. The lowest BCUT2D eigenvalue weighted by Crippen LogP contribution is -2.48. The van der Waals surface area contributed by atoms with Gasteiger partial charge in [0.15, 0.2) is 0 Å². The SMILES string of the molecule is CCCNC1CC2CCC(C1)N2CC. The first-order valence-corrected chi connectivity index (χ1v) is 6.34. The van der Waals surface area contributed by atoms with E-state index in [1.165, 1.54) is 45.2 Å². The Morgan fingerprint density at radius 1 is 1.14 bits per heavy atom. The van der Waals surface area contributed by atoms with Crippen molar-refractivity contribution in [2.24, 2.45) is 0 Å². The van der Waals surface area contributed by atoms with Gasteiger partial charge >= 0.3 is 0 Å². The topological polar surface area (TPSA) is 15.3 Å². The van der Waals surface area contributed by atoms with Gasteiger partial charge in [0.2, 0.25) is 0 Å². The van der Waals surface area contributed by atoms with E-state index in [2.05, 4.69) is 24.1 Å². The third kappa shape index (κ3) is 1.96. The summed E-state index contributed by atoms with van der Waals surface area (Å²) in [4.78, 5) is 2.73. The quantitative estimate of drug-likeness (QED) is 0.740. The molecule has 14 heavy (non-hydrogen) atoms. The molecule has 82 valence electrons. The van der Waals surface area contributed by atoms with Gasteiger partial charge in [-0.05, 0) is 45.2 Å². The molecule has 2 aliphatic rings. The molecular formula is C12H24N2. The van der Waals surface area contributed by atoms with Gasteiger partial charge in [-0.1, -0.05) is 13.8 Å². The van der Waals surface area contributed by atoms with Crippen molar-refractivity contribution in [2.75, 3.05) is 13.1 Å². The minimum absolute atomic E-state index is 0.815. The fourth-order valence-electron chi connectivity index (χ4n) is 3.31. The lowest BCUT2D eigenvalue weighted by atomic mass is 9.97. The zero-order valence-electron chi connectivity index (χ0n) is 9.63. The van der Waals surface area contributed by atoms with Crippen molar-refractivity contribution in [3.63, 3.8) is 0 Å². The zero-order valence-corrected chi connectivity index (χ0v) is 9.63. The second kappa shape index (κ2) is 4.63. The minimum Gasteiger partial charge on any atom is -0.314 e. The molecule has 2 unspecified atom stereocenters. The van der Waals surface area contributed by atoms with Gasteiger partial charge in [-0.2, -0.15) is 0 Å². The molecule has 0 aromatic heterocycles. The number of rotatable bonds is 4. The predicted octanol–water partition coefficient (Wildman–Crippen LogP) is 2.00. The van der Waals surface area contributed by atoms with E-state index < -0.39 is 0 Å². The molecule has 2 heterocycles. The van der Waals surface area contributed by atoms with E-state index in [0.717, 1.165) is 18.1 Å². The Morgan fingerprint density at radius 3 is 2.29 bits per heavy atom. The molecule has 2 heteroatoms. The normalized spacial score (nSPS) is 37.7. The van der Waals surface area contributed by atoms with Crippen LogP contribution in [0, 0.1) is 0 Å². The lowest BCUT2D eigenvalue weighted by Gasteiger charge is -2.38. The highest BCUT2D eigenvalue weighted by atomic mass is 15.2. The first kappa shape index (κ1) is 10.4. The molecule has 2 bridgehead atoms. The van der Waals surface area contributed by atoms with Gasteiger partial charge < -0.3 is 5.32 Å². The minimum atomic E-state index is 0.815. The van der Waals surface area contributed by atoms with Gasteiger partial charge in [0.25, 0.3) is 0 Å². The predicted molar refractivity (Wildman–Crippen MR) is 60.5 cm³/mol. The van der Waals surface area contributed by atoms with Gasteiger partial charge in [-0.25, -0.2) is 0 Å². The van der Waals surface area contributed by atoms with Gasteiger partial charge in [-0.3, -0.25) is 4.90 Å². The van der Waals surface area contributed by atoms with Crippen LogP contribution in [0.25, 0.3) is 0 Å². The highest BCUT2D eigenvalue weighted by molar-refractivity contribution is 4.96. The Morgan fingerprint density at radius 2 is 1.79 bits per heavy atom. The molecule has 0 amide bonds. The van der Waals surface area contributed by atoms with Crippen molar-refractivity contribution < 1.29 is 0 Å². The molecule has 2 rings (SSSR count). The second-order valence-corrected chi connectivity index (χ2v) is 4.84. The first-order valence-electron chi connectivity index (χ1n) is 6.34. The number of hydrogen-bond donors (Lipinski definition) is 1. The second-order valence-electron chi connectivity index (χ2n) is 4.84. The summed E-state index contributed by atoms with van der Waals surface area (Å²) in [5.41, 5.74) is 0. The van der Waals surface area contributed by atoms with Gasteiger partial charge in [0, 0.05) is 18.1 Å². The summed E-state index contributed by atoms with van der Waals surface area (Å²) >= 11 is 0. The van der Waals surface area contributed by atoms with Crippen LogP contribution < -0.4 is 5.32 Å². The van der Waals surface area contributed by atoms with E-state index in [1.54, 1.807) is 0 Å². The summed E-state index contributed by atoms with van der Waals surface area (Å²) < 4.78 is 0. The van der Waals surface area contributed by atoms with E-state index in [-0.39, 0.29) is 0 Å². The van der Waals surface area contributed by atoms with E-state index in [9.17, 15) is 0 Å². The van der Waals surface area contributed by atoms with Gasteiger partial charge in [0.1, 0.15) is 0 Å². The number of piperidine rings is 1. The van der Waals surface area contributed by atoms with Crippen molar-refractivity contribution in [3.05, 3.63) is 0 Å². The Kier molecular flexibility index (Phi) is 3.45. The highest BCUT2D eigenvalue weighted by Gasteiger charge is 2.39. The van der Waals surface area contributed by atoms with Crippen LogP contribution >= 0.6 is 0 Å². The Hall–Kier alpha value is -0.0800. The van der Waals surface area contributed by atoms with Gasteiger partial charge in [0.05, 0.1) is 0 Å². The molecule has 0 aliphatic carbocycles. The molecule has 2 fully saturated rings. The summed E-state index contributed by atoms with van der Waals surface area (Å²) in [5, 5.41) is 3.69. The molecule has 2 aliphatic heterocycles. The monoisotopic (exact) mass is 196 g/mol. The van der Waals surface area contributed by atoms with E-state index in [1.807, 2.05) is 0 Å². The summed E-state index contributed by atoms with van der Waals surface area (Å²) in [6.07, 6.45) is 6.95. The maximum atomic E-state index is 3.69. The van der Waals surface area contributed by atoms with Crippen molar-refractivity contribution in [2.45, 2.75) is 64.1 Å². The van der Waals surface area contributed by atoms with Crippen LogP contribution in [0.5, 0.6) is 0 Å². The summed E-state index contributed by atoms with van der Waals surface area (Å²) in [6, 6.07) is 2.61. The average molecular weight is 196 g/mol. The Bertz CT molecular complexity index is 167. The van der Waals surface area contributed by atoms with Crippen LogP contribution in [0.4, 0.5) is 0 Å². The molecule has 2 saturated heterocycles. The Balaban J connectivity index is 1.86. The summed E-state index contributed by atoms with van der Waals surface area (Å²) in [6.45, 7) is 7.03. The third-order valence-corrected chi connectivity index (χ3v) is 3.93. The molecule has 0 aromatic rings. The van der Waals surface area contributed by atoms with Gasteiger partial charge in [-0.15, -0.1) is 0 Å². The third-order valence-electron chi connectivity index (χ3n) is 3.93. The zero-order chi connectivity index (χ0) is 9.97. The van der Waals surface area contributed by atoms with Crippen molar-refractivity contribution >= 4 is 0 Å². The van der Waals surface area contributed by atoms with Crippen molar-refractivity contribution in [1.82, 2.24) is 10.2 Å². The largest absolute Gasteiger partial charge is 0.314 e. The number of nitrogens with zero attached hydrogens (tertiary/aromatic N) is 1. The maximum Gasteiger partial charge on any atom is 0.0113 e. The average Bonchev–Trinajstić information content (AvgIpc) is 2.45. The van der Waals surface area contributed by atoms with E-state index >= 15 is 0 Å². The smallest absolute Gasteiger partial charge is 0.0113 e. The molecule has 2 atom stereocenters. The van der Waals surface area contributed by atoms with Crippen molar-refractivity contribution in [3.8, 4) is 0 Å². The number of hydrogen-bond acceptors (Lipinski definition) is 2. The summed E-state index contributed by atoms with van der Waals surface area (Å²) in [7, 11) is 0. The maximum absolute atomic E-state index is 3.69. The molecule has 0 spiro atoms. The van der Waals surface area contributed by atoms with Crippen LogP contribution in [0.1, 0.15) is 46.0 Å². The molecule has 0 saturated carbocycles. The van der Waals surface area contributed by atoms with Crippen LogP contribution in [-0.2, 0) is 0 Å².